The lowest BCUT2D eigenvalue weighted by Gasteiger charge is -2.09. The Hall–Kier alpha value is -3.15. The van der Waals surface area contributed by atoms with Gasteiger partial charge in [0.1, 0.15) is 5.75 Å². The van der Waals surface area contributed by atoms with Gasteiger partial charge in [-0.1, -0.05) is 17.7 Å². The maximum Gasteiger partial charge on any atom is 0.240 e. The van der Waals surface area contributed by atoms with E-state index in [1.54, 1.807) is 14.0 Å². The first-order valence-electron chi connectivity index (χ1n) is 8.73. The molecule has 2 rings (SSSR count). The van der Waals surface area contributed by atoms with Crippen LogP contribution in [0.1, 0.15) is 36.5 Å². The van der Waals surface area contributed by atoms with Crippen molar-refractivity contribution in [2.24, 2.45) is 5.10 Å². The van der Waals surface area contributed by atoms with Crippen LogP contribution in [0.5, 0.6) is 5.75 Å². The van der Waals surface area contributed by atoms with Crippen LogP contribution in [0.2, 0.25) is 0 Å². The zero-order valence-electron chi connectivity index (χ0n) is 16.1. The Morgan fingerprint density at radius 2 is 1.67 bits per heavy atom. The summed E-state index contributed by atoms with van der Waals surface area (Å²) in [6, 6.07) is 13.2. The highest BCUT2D eigenvalue weighted by molar-refractivity contribution is 5.99. The number of nitrogens with zero attached hydrogens (tertiary/aromatic N) is 1. The summed E-state index contributed by atoms with van der Waals surface area (Å²) in [5, 5.41) is 6.91. The van der Waals surface area contributed by atoms with Gasteiger partial charge in [-0.05, 0) is 62.2 Å². The number of rotatable bonds is 7. The van der Waals surface area contributed by atoms with Gasteiger partial charge < -0.3 is 10.1 Å². The largest absolute Gasteiger partial charge is 0.497 e. The first-order chi connectivity index (χ1) is 12.9. The first kappa shape index (κ1) is 20.2. The highest BCUT2D eigenvalue weighted by atomic mass is 16.5. The van der Waals surface area contributed by atoms with Crippen molar-refractivity contribution in [2.45, 2.75) is 33.6 Å². The number of hydrazone groups is 1. The number of carbonyl (C=O) groups is 2. The molecule has 2 aromatic rings. The molecule has 0 spiro atoms. The molecule has 2 amide bonds. The van der Waals surface area contributed by atoms with Gasteiger partial charge in [0.15, 0.2) is 0 Å². The van der Waals surface area contributed by atoms with Gasteiger partial charge in [-0.3, -0.25) is 9.59 Å². The highest BCUT2D eigenvalue weighted by Gasteiger charge is 2.08. The minimum atomic E-state index is -0.307. The Bertz CT molecular complexity index is 842. The highest BCUT2D eigenvalue weighted by Crippen LogP contribution is 2.16. The number of nitrogens with one attached hydrogen (secondary N) is 2. The summed E-state index contributed by atoms with van der Waals surface area (Å²) in [5.74, 6) is 0.247. The molecule has 6 nitrogen and oxygen atoms in total. The first-order valence-corrected chi connectivity index (χ1v) is 8.73. The van der Waals surface area contributed by atoms with Crippen molar-refractivity contribution in [3.63, 3.8) is 0 Å². The molecule has 2 aromatic carbocycles. The zero-order chi connectivity index (χ0) is 19.8. The van der Waals surface area contributed by atoms with Gasteiger partial charge in [-0.25, -0.2) is 5.43 Å². The normalized spacial score (nSPS) is 11.0. The average Bonchev–Trinajstić information content (AvgIpc) is 2.66. The lowest BCUT2D eigenvalue weighted by molar-refractivity contribution is -0.124. The van der Waals surface area contributed by atoms with Crippen LogP contribution >= 0.6 is 0 Å². The van der Waals surface area contributed by atoms with Crippen LogP contribution in [-0.2, 0) is 9.59 Å². The average molecular weight is 367 g/mol. The number of hydrogen-bond acceptors (Lipinski definition) is 4. The molecule has 0 saturated heterocycles. The smallest absolute Gasteiger partial charge is 0.240 e. The van der Waals surface area contributed by atoms with Crippen LogP contribution in [0.3, 0.4) is 0 Å². The quantitative estimate of drug-likeness (QED) is 0.580. The molecule has 0 aliphatic heterocycles. The number of aryl methyl sites for hydroxylation is 2. The summed E-state index contributed by atoms with van der Waals surface area (Å²) in [5.41, 5.74) is 6.93. The van der Waals surface area contributed by atoms with Crippen molar-refractivity contribution in [1.82, 2.24) is 5.43 Å². The molecule has 142 valence electrons. The molecule has 6 heteroatoms. The molecule has 0 radical (unpaired) electrons. The standard InChI is InChI=1S/C21H25N3O3/c1-14-5-10-19(15(2)13-14)22-20(25)11-12-21(26)24-23-16(3)17-6-8-18(27-4)9-7-17/h5-10,13H,11-12H2,1-4H3,(H,22,25)(H,24,26)/b23-16+. The van der Waals surface area contributed by atoms with Crippen LogP contribution in [0.4, 0.5) is 5.69 Å². The van der Waals surface area contributed by atoms with Crippen molar-refractivity contribution in [1.29, 1.82) is 0 Å². The molecule has 0 aliphatic carbocycles. The molecule has 27 heavy (non-hydrogen) atoms. The summed E-state index contributed by atoms with van der Waals surface area (Å²) in [6.07, 6.45) is 0.159. The molecule has 0 unspecified atom stereocenters. The summed E-state index contributed by atoms with van der Waals surface area (Å²) >= 11 is 0. The van der Waals surface area contributed by atoms with E-state index in [4.69, 9.17) is 4.74 Å². The van der Waals surface area contributed by atoms with E-state index in [0.717, 1.165) is 28.1 Å². The minimum Gasteiger partial charge on any atom is -0.497 e. The lowest BCUT2D eigenvalue weighted by Crippen LogP contribution is -2.22. The summed E-state index contributed by atoms with van der Waals surface area (Å²) < 4.78 is 5.11. The fraction of sp³-hybridized carbons (Fsp3) is 0.286. The van der Waals surface area contributed by atoms with E-state index in [0.29, 0.717) is 5.71 Å². The predicted octanol–water partition coefficient (Wildman–Crippen LogP) is 3.57. The number of amides is 2. The Kier molecular flexibility index (Phi) is 7.11. The van der Waals surface area contributed by atoms with Crippen LogP contribution < -0.4 is 15.5 Å². The van der Waals surface area contributed by atoms with Crippen molar-refractivity contribution >= 4 is 23.2 Å². The molecule has 0 aliphatic rings. The monoisotopic (exact) mass is 367 g/mol. The molecule has 0 fully saturated rings. The number of carbonyl (C=O) groups excluding carboxylic acids is 2. The van der Waals surface area contributed by atoms with E-state index in [-0.39, 0.29) is 24.7 Å². The number of benzene rings is 2. The van der Waals surface area contributed by atoms with E-state index in [1.807, 2.05) is 56.3 Å². The molecule has 2 N–H and O–H groups in total. The molecular weight excluding hydrogens is 342 g/mol. The fourth-order valence-corrected chi connectivity index (χ4v) is 2.49. The van der Waals surface area contributed by atoms with Gasteiger partial charge in [0.25, 0.3) is 0 Å². The maximum absolute atomic E-state index is 12.0. The molecule has 0 atom stereocenters. The molecular formula is C21H25N3O3. The van der Waals surface area contributed by atoms with E-state index < -0.39 is 0 Å². The summed E-state index contributed by atoms with van der Waals surface area (Å²) in [4.78, 5) is 24.0. The summed E-state index contributed by atoms with van der Waals surface area (Å²) in [7, 11) is 1.60. The van der Waals surface area contributed by atoms with Crippen molar-refractivity contribution in [3.05, 3.63) is 59.2 Å². The number of anilines is 1. The Balaban J connectivity index is 1.81. The minimum absolute atomic E-state index is 0.0656. The molecule has 0 saturated carbocycles. The third-order valence-corrected chi connectivity index (χ3v) is 4.09. The van der Waals surface area contributed by atoms with E-state index >= 15 is 0 Å². The van der Waals surface area contributed by atoms with Gasteiger partial charge in [-0.2, -0.15) is 5.10 Å². The summed E-state index contributed by atoms with van der Waals surface area (Å²) in [6.45, 7) is 5.73. The van der Waals surface area contributed by atoms with E-state index in [2.05, 4.69) is 15.8 Å². The topological polar surface area (TPSA) is 79.8 Å². The number of hydrogen-bond donors (Lipinski definition) is 2. The fourth-order valence-electron chi connectivity index (χ4n) is 2.49. The van der Waals surface area contributed by atoms with Gasteiger partial charge in [0.05, 0.1) is 12.8 Å². The maximum atomic E-state index is 12.0. The third kappa shape index (κ3) is 6.26. The second-order valence-electron chi connectivity index (χ2n) is 6.33. The second kappa shape index (κ2) is 9.52. The van der Waals surface area contributed by atoms with E-state index in [9.17, 15) is 9.59 Å². The van der Waals surface area contributed by atoms with Crippen LogP contribution in [0, 0.1) is 13.8 Å². The van der Waals surface area contributed by atoms with Crippen molar-refractivity contribution < 1.29 is 14.3 Å². The molecule has 0 aromatic heterocycles. The van der Waals surface area contributed by atoms with Crippen LogP contribution in [-0.4, -0.2) is 24.6 Å². The van der Waals surface area contributed by atoms with Crippen LogP contribution in [0.25, 0.3) is 0 Å². The predicted molar refractivity (Wildman–Crippen MR) is 107 cm³/mol. The number of methoxy groups -OCH3 is 1. The van der Waals surface area contributed by atoms with Gasteiger partial charge in [0, 0.05) is 18.5 Å². The van der Waals surface area contributed by atoms with Gasteiger partial charge >= 0.3 is 0 Å². The SMILES string of the molecule is COc1ccc(/C(C)=N/NC(=O)CCC(=O)Nc2ccc(C)cc2C)cc1. The van der Waals surface area contributed by atoms with Crippen molar-refractivity contribution in [3.8, 4) is 5.75 Å². The van der Waals surface area contributed by atoms with Gasteiger partial charge in [0.2, 0.25) is 11.8 Å². The van der Waals surface area contributed by atoms with Gasteiger partial charge in [-0.15, -0.1) is 0 Å². The number of ether oxygens (including phenoxy) is 1. The Morgan fingerprint density at radius 3 is 2.30 bits per heavy atom. The molecule has 0 heterocycles. The van der Waals surface area contributed by atoms with Crippen molar-refractivity contribution in [2.75, 3.05) is 12.4 Å². The van der Waals surface area contributed by atoms with Crippen LogP contribution in [0.15, 0.2) is 47.6 Å². The van der Waals surface area contributed by atoms with E-state index in [1.165, 1.54) is 0 Å². The molecule has 0 bridgehead atoms. The third-order valence-electron chi connectivity index (χ3n) is 4.09. The zero-order valence-corrected chi connectivity index (χ0v) is 16.1. The lowest BCUT2D eigenvalue weighted by atomic mass is 10.1. The Morgan fingerprint density at radius 1 is 1.00 bits per heavy atom. The Labute approximate surface area is 159 Å². The second-order valence-corrected chi connectivity index (χ2v) is 6.33.